The molecule has 0 aromatic carbocycles. The minimum atomic E-state index is -3.26. The van der Waals surface area contributed by atoms with Gasteiger partial charge in [-0.05, 0) is 38.5 Å². The van der Waals surface area contributed by atoms with Crippen LogP contribution in [0.3, 0.4) is 0 Å². The maximum Gasteiger partial charge on any atom is 0.282 e. The van der Waals surface area contributed by atoms with Gasteiger partial charge in [0.25, 0.3) is 10.2 Å². The first kappa shape index (κ1) is 14.8. The molecule has 20 heavy (non-hydrogen) atoms. The lowest BCUT2D eigenvalue weighted by Gasteiger charge is -2.38. The summed E-state index contributed by atoms with van der Waals surface area (Å²) in [5, 5.41) is 3.51. The van der Waals surface area contributed by atoms with Crippen LogP contribution in [0.15, 0.2) is 0 Å². The summed E-state index contributed by atoms with van der Waals surface area (Å²) in [4.78, 5) is 0. The molecule has 1 N–H and O–H groups in total. The lowest BCUT2D eigenvalue weighted by atomic mass is 10.1. The summed E-state index contributed by atoms with van der Waals surface area (Å²) in [7, 11) is -3.26. The van der Waals surface area contributed by atoms with Crippen molar-refractivity contribution in [1.29, 1.82) is 0 Å². The number of hydrogen-bond acceptors (Lipinski definition) is 3. The molecule has 1 atom stereocenters. The number of hydrogen-bond donors (Lipinski definition) is 1. The fraction of sp³-hybridized carbons (Fsp3) is 1.00. The zero-order chi connectivity index (χ0) is 14.2. The summed E-state index contributed by atoms with van der Waals surface area (Å²) in [6.45, 7) is 4.08. The monoisotopic (exact) mass is 301 g/mol. The first-order valence-corrected chi connectivity index (χ1v) is 9.54. The van der Waals surface area contributed by atoms with Crippen LogP contribution in [0, 0.1) is 0 Å². The van der Waals surface area contributed by atoms with Gasteiger partial charge < -0.3 is 5.32 Å². The molecule has 1 aliphatic heterocycles. The second-order valence-corrected chi connectivity index (χ2v) is 8.22. The number of piperidine rings is 1. The topological polar surface area (TPSA) is 52.7 Å². The van der Waals surface area contributed by atoms with Crippen LogP contribution in [0.25, 0.3) is 0 Å². The van der Waals surface area contributed by atoms with Crippen LogP contribution in [0.1, 0.15) is 51.9 Å². The Kier molecular flexibility index (Phi) is 4.36. The van der Waals surface area contributed by atoms with E-state index in [-0.39, 0.29) is 12.1 Å². The van der Waals surface area contributed by atoms with E-state index in [0.717, 1.165) is 38.6 Å². The molecule has 0 aromatic heterocycles. The van der Waals surface area contributed by atoms with E-state index in [0.29, 0.717) is 19.1 Å². The molecule has 1 saturated heterocycles. The van der Waals surface area contributed by atoms with E-state index in [1.54, 1.807) is 8.61 Å². The summed E-state index contributed by atoms with van der Waals surface area (Å²) in [5.41, 5.74) is 0. The molecule has 2 aliphatic carbocycles. The van der Waals surface area contributed by atoms with E-state index in [2.05, 4.69) is 5.32 Å². The van der Waals surface area contributed by atoms with Crippen LogP contribution < -0.4 is 5.32 Å². The normalized spacial score (nSPS) is 29.0. The zero-order valence-electron chi connectivity index (χ0n) is 12.4. The predicted octanol–water partition coefficient (Wildman–Crippen LogP) is 1.32. The van der Waals surface area contributed by atoms with Crippen LogP contribution >= 0.6 is 0 Å². The van der Waals surface area contributed by atoms with Crippen molar-refractivity contribution in [3.8, 4) is 0 Å². The maximum atomic E-state index is 12.9. The van der Waals surface area contributed by atoms with Crippen molar-refractivity contribution >= 4 is 10.2 Å². The Morgan fingerprint density at radius 3 is 2.50 bits per heavy atom. The third kappa shape index (κ3) is 3.18. The van der Waals surface area contributed by atoms with E-state index in [1.807, 2.05) is 6.92 Å². The Morgan fingerprint density at radius 1 is 1.15 bits per heavy atom. The van der Waals surface area contributed by atoms with Gasteiger partial charge in [0.2, 0.25) is 0 Å². The van der Waals surface area contributed by atoms with Crippen molar-refractivity contribution in [2.45, 2.75) is 70.0 Å². The Labute approximate surface area is 122 Å². The van der Waals surface area contributed by atoms with Crippen molar-refractivity contribution in [2.75, 3.05) is 19.6 Å². The Hall–Kier alpha value is -0.170. The smallest absolute Gasteiger partial charge is 0.282 e. The third-order valence-electron chi connectivity index (χ3n) is 4.65. The third-order valence-corrected chi connectivity index (χ3v) is 6.87. The quantitative estimate of drug-likeness (QED) is 0.771. The van der Waals surface area contributed by atoms with E-state index < -0.39 is 10.2 Å². The average molecular weight is 301 g/mol. The van der Waals surface area contributed by atoms with Crippen molar-refractivity contribution in [2.24, 2.45) is 0 Å². The lowest BCUT2D eigenvalue weighted by Crippen LogP contribution is -2.54. The summed E-state index contributed by atoms with van der Waals surface area (Å²) in [6, 6.07) is 1.07. The SMILES string of the molecule is CCN(C1CC1)S(=O)(=O)N1CCCCC1CNC1CC1. The van der Waals surface area contributed by atoms with E-state index in [1.165, 1.54) is 12.8 Å². The maximum absolute atomic E-state index is 12.9. The summed E-state index contributed by atoms with van der Waals surface area (Å²) >= 11 is 0. The van der Waals surface area contributed by atoms with Gasteiger partial charge in [-0.25, -0.2) is 0 Å². The highest BCUT2D eigenvalue weighted by Gasteiger charge is 2.42. The van der Waals surface area contributed by atoms with Crippen LogP contribution in [0.2, 0.25) is 0 Å². The molecule has 1 unspecified atom stereocenters. The molecule has 1 heterocycles. The highest BCUT2D eigenvalue weighted by Crippen LogP contribution is 2.32. The van der Waals surface area contributed by atoms with Gasteiger partial charge in [0.1, 0.15) is 0 Å². The van der Waals surface area contributed by atoms with Crippen LogP contribution in [0.5, 0.6) is 0 Å². The van der Waals surface area contributed by atoms with E-state index in [4.69, 9.17) is 0 Å². The number of nitrogens with zero attached hydrogens (tertiary/aromatic N) is 2. The van der Waals surface area contributed by atoms with Gasteiger partial charge >= 0.3 is 0 Å². The largest absolute Gasteiger partial charge is 0.312 e. The standard InChI is InChI=1S/C14H27N3O2S/c1-2-16(13-8-9-13)20(18,19)17-10-4-3-5-14(17)11-15-12-6-7-12/h12-15H,2-11H2,1H3. The van der Waals surface area contributed by atoms with Crippen molar-refractivity contribution < 1.29 is 8.42 Å². The molecule has 3 aliphatic rings. The molecule has 2 saturated carbocycles. The van der Waals surface area contributed by atoms with Gasteiger partial charge in [0.15, 0.2) is 0 Å². The minimum Gasteiger partial charge on any atom is -0.312 e. The van der Waals surface area contributed by atoms with Gasteiger partial charge in [0, 0.05) is 37.8 Å². The lowest BCUT2D eigenvalue weighted by molar-refractivity contribution is 0.225. The number of rotatable bonds is 7. The first-order valence-electron chi connectivity index (χ1n) is 8.15. The van der Waals surface area contributed by atoms with E-state index >= 15 is 0 Å². The Balaban J connectivity index is 1.69. The summed E-state index contributed by atoms with van der Waals surface area (Å²) in [5.74, 6) is 0. The second-order valence-electron chi connectivity index (χ2n) is 6.39. The molecular formula is C14H27N3O2S. The molecular weight excluding hydrogens is 274 g/mol. The highest BCUT2D eigenvalue weighted by molar-refractivity contribution is 7.86. The molecule has 0 radical (unpaired) electrons. The predicted molar refractivity (Wildman–Crippen MR) is 79.7 cm³/mol. The zero-order valence-corrected chi connectivity index (χ0v) is 13.2. The summed E-state index contributed by atoms with van der Waals surface area (Å²) in [6.07, 6.45) is 7.73. The fourth-order valence-corrected chi connectivity index (χ4v) is 5.28. The van der Waals surface area contributed by atoms with Crippen molar-refractivity contribution in [1.82, 2.24) is 13.9 Å². The molecule has 0 bridgehead atoms. The second kappa shape index (κ2) is 5.91. The molecule has 5 nitrogen and oxygen atoms in total. The number of nitrogens with one attached hydrogen (secondary N) is 1. The van der Waals surface area contributed by atoms with E-state index in [9.17, 15) is 8.42 Å². The Morgan fingerprint density at radius 2 is 1.90 bits per heavy atom. The van der Waals surface area contributed by atoms with Crippen molar-refractivity contribution in [3.63, 3.8) is 0 Å². The van der Waals surface area contributed by atoms with Crippen LogP contribution in [0.4, 0.5) is 0 Å². The fourth-order valence-electron chi connectivity index (χ4n) is 3.18. The molecule has 0 amide bonds. The summed E-state index contributed by atoms with van der Waals surface area (Å²) < 4.78 is 29.3. The average Bonchev–Trinajstić information content (AvgIpc) is 3.31. The minimum absolute atomic E-state index is 0.155. The molecule has 116 valence electrons. The molecule has 0 spiro atoms. The van der Waals surface area contributed by atoms with Gasteiger partial charge in [-0.2, -0.15) is 17.0 Å². The molecule has 3 fully saturated rings. The first-order chi connectivity index (χ1) is 9.63. The van der Waals surface area contributed by atoms with Crippen LogP contribution in [-0.4, -0.2) is 54.8 Å². The molecule has 6 heteroatoms. The molecule has 3 rings (SSSR count). The molecule has 0 aromatic rings. The van der Waals surface area contributed by atoms with Gasteiger partial charge in [0.05, 0.1) is 0 Å². The van der Waals surface area contributed by atoms with Gasteiger partial charge in [-0.3, -0.25) is 0 Å². The van der Waals surface area contributed by atoms with Crippen LogP contribution in [-0.2, 0) is 10.2 Å². The van der Waals surface area contributed by atoms with Gasteiger partial charge in [-0.15, -0.1) is 0 Å². The Bertz CT molecular complexity index is 432. The van der Waals surface area contributed by atoms with Crippen molar-refractivity contribution in [3.05, 3.63) is 0 Å². The highest BCUT2D eigenvalue weighted by atomic mass is 32.2. The van der Waals surface area contributed by atoms with Gasteiger partial charge in [-0.1, -0.05) is 13.3 Å².